The molecule has 1 fully saturated rings. The average molecular weight is 973 g/mol. The monoisotopic (exact) mass is 972 g/mol. The second-order valence-electron chi connectivity index (χ2n) is 18.5. The van der Waals surface area contributed by atoms with E-state index in [0.717, 1.165) is 16.7 Å². The highest BCUT2D eigenvalue weighted by molar-refractivity contribution is 6.74. The predicted octanol–water partition coefficient (Wildman–Crippen LogP) is 7.37. The lowest BCUT2D eigenvalue weighted by molar-refractivity contribution is -0.671. The molecule has 1 aliphatic heterocycles. The number of carbonyl (C=O) groups excluding carboxylic acids is 3. The molecule has 1 amide bonds. The summed E-state index contributed by atoms with van der Waals surface area (Å²) in [5.41, 5.74) is 0.652. The molecule has 4 aromatic carbocycles. The van der Waals surface area contributed by atoms with Crippen LogP contribution in [0.5, 0.6) is 11.5 Å². The molecule has 368 valence electrons. The third-order valence-corrected chi connectivity index (χ3v) is 17.3. The van der Waals surface area contributed by atoms with Crippen molar-refractivity contribution in [2.75, 3.05) is 32.8 Å². The number of hydrogen-bond acceptors (Lipinski definition) is 12. The molecule has 1 saturated heterocycles. The van der Waals surface area contributed by atoms with Crippen molar-refractivity contribution in [2.45, 2.75) is 88.4 Å². The third kappa shape index (κ3) is 11.9. The Labute approximate surface area is 409 Å². The van der Waals surface area contributed by atoms with Gasteiger partial charge in [-0.15, -0.1) is 0 Å². The van der Waals surface area contributed by atoms with Gasteiger partial charge in [0.25, 0.3) is 5.91 Å². The molecule has 7 rings (SSSR count). The van der Waals surface area contributed by atoms with Crippen LogP contribution in [0.2, 0.25) is 18.1 Å². The van der Waals surface area contributed by atoms with Gasteiger partial charge >= 0.3 is 17.6 Å². The van der Waals surface area contributed by atoms with E-state index in [1.165, 1.54) is 16.8 Å². The van der Waals surface area contributed by atoms with E-state index < -0.39 is 62.0 Å². The van der Waals surface area contributed by atoms with Crippen molar-refractivity contribution >= 4 is 32.0 Å². The van der Waals surface area contributed by atoms with Crippen LogP contribution in [-0.4, -0.2) is 86.0 Å². The zero-order chi connectivity index (χ0) is 50.1. The predicted molar refractivity (Wildman–Crippen MR) is 263 cm³/mol. The summed E-state index contributed by atoms with van der Waals surface area (Å²) in [7, 11) is 2.34. The Bertz CT molecular complexity index is 2710. The second-order valence-corrected chi connectivity index (χ2v) is 23.3. The van der Waals surface area contributed by atoms with Crippen molar-refractivity contribution in [1.29, 1.82) is 0 Å². The van der Waals surface area contributed by atoms with E-state index in [2.05, 4.69) is 44.2 Å². The second kappa shape index (κ2) is 22.2. The summed E-state index contributed by atoms with van der Waals surface area (Å²) in [4.78, 5) is 58.4. The van der Waals surface area contributed by atoms with Gasteiger partial charge in [0.2, 0.25) is 6.33 Å². The minimum absolute atomic E-state index is 0.00593. The highest BCUT2D eigenvalue weighted by Crippen LogP contribution is 2.45. The molecule has 70 heavy (non-hydrogen) atoms. The summed E-state index contributed by atoms with van der Waals surface area (Å²) in [6.45, 7) is 10.8. The highest BCUT2D eigenvalue weighted by Gasteiger charge is 2.54. The van der Waals surface area contributed by atoms with Gasteiger partial charge in [0, 0.05) is 11.8 Å². The van der Waals surface area contributed by atoms with E-state index in [9.17, 15) is 19.2 Å². The van der Waals surface area contributed by atoms with Gasteiger partial charge in [0.15, 0.2) is 20.6 Å². The van der Waals surface area contributed by atoms with E-state index >= 15 is 0 Å². The summed E-state index contributed by atoms with van der Waals surface area (Å²) in [6, 6.07) is 35.0. The van der Waals surface area contributed by atoms with Crippen LogP contribution in [0.3, 0.4) is 0 Å². The topological polar surface area (TPSA) is 172 Å². The Morgan fingerprint density at radius 3 is 1.91 bits per heavy atom. The first-order chi connectivity index (χ1) is 33.5. The molecule has 0 spiro atoms. The number of carbonyl (C=O) groups is 3. The summed E-state index contributed by atoms with van der Waals surface area (Å²) >= 11 is 0. The maximum Gasteiger partial charge on any atom is 0.351 e. The number of amides is 1. The number of imidazole rings is 1. The Kier molecular flexibility index (Phi) is 16.2. The number of aromatic nitrogens is 4. The fourth-order valence-corrected chi connectivity index (χ4v) is 9.29. The number of esters is 2. The highest BCUT2D eigenvalue weighted by atomic mass is 28.4. The lowest BCUT2D eigenvalue weighted by Crippen LogP contribution is -2.51. The van der Waals surface area contributed by atoms with Crippen LogP contribution in [0.1, 0.15) is 66.9 Å². The molecule has 3 heterocycles. The number of anilines is 1. The van der Waals surface area contributed by atoms with Crippen LogP contribution < -0.4 is 25.0 Å². The van der Waals surface area contributed by atoms with Gasteiger partial charge < -0.3 is 38.2 Å². The molecule has 1 aliphatic rings. The summed E-state index contributed by atoms with van der Waals surface area (Å²) in [5.74, 6) is -0.455. The first kappa shape index (κ1) is 50.9. The standard InChI is InChI=1S/C53H61N5O11Si/c1-52(2,3)70(7,8)69-47-43(35-66-53(38-17-13-10-14-18-38,39-19-23-41(63-5)24-20-39)40-21-25-42(64-6)26-22-40)67-50(58-30-29-44(55-51(58)62)54-49(61)37-15-11-9-12-16-37)48(47)68-46(60)28-27-45(59)65-34-33-57-32-31-56(4)36-57/h9-26,29-32,36,43,47-48,50H,27-28,33-35H2,1-8H3/p+1/t43-,47-,48-,50-/m1/s1. The van der Waals surface area contributed by atoms with Crippen LogP contribution in [0, 0.1) is 0 Å². The van der Waals surface area contributed by atoms with Crippen LogP contribution >= 0.6 is 0 Å². The van der Waals surface area contributed by atoms with Crippen LogP contribution in [0.4, 0.5) is 5.82 Å². The lowest BCUT2D eigenvalue weighted by atomic mass is 9.80. The molecule has 0 radical (unpaired) electrons. The zero-order valence-electron chi connectivity index (χ0n) is 40.9. The normalized spacial score (nSPS) is 17.1. The number of nitrogens with zero attached hydrogens (tertiary/aromatic N) is 4. The molecule has 0 aliphatic carbocycles. The number of methoxy groups -OCH3 is 2. The van der Waals surface area contributed by atoms with Crippen LogP contribution in [-0.2, 0) is 52.2 Å². The number of nitrogens with one attached hydrogen (secondary N) is 1. The average Bonchev–Trinajstić information content (AvgIpc) is 3.92. The van der Waals surface area contributed by atoms with E-state index in [1.807, 2.05) is 114 Å². The first-order valence-corrected chi connectivity index (χ1v) is 26.1. The molecule has 2 aromatic heterocycles. The van der Waals surface area contributed by atoms with Gasteiger partial charge in [-0.05, 0) is 77.3 Å². The minimum Gasteiger partial charge on any atom is -0.497 e. The molecular formula is C53H62N5O11Si+. The van der Waals surface area contributed by atoms with Gasteiger partial charge in [-0.25, -0.2) is 13.9 Å². The summed E-state index contributed by atoms with van der Waals surface area (Å²) in [5, 5.41) is 2.36. The molecule has 1 N–H and O–H groups in total. The molecule has 0 saturated carbocycles. The van der Waals surface area contributed by atoms with Crippen molar-refractivity contribution < 1.29 is 51.8 Å². The lowest BCUT2D eigenvalue weighted by Gasteiger charge is -2.41. The smallest absolute Gasteiger partial charge is 0.351 e. The molecule has 0 bridgehead atoms. The van der Waals surface area contributed by atoms with Crippen molar-refractivity contribution in [3.63, 3.8) is 0 Å². The molecule has 6 aromatic rings. The quantitative estimate of drug-likeness (QED) is 0.0349. The van der Waals surface area contributed by atoms with Crippen LogP contribution in [0.15, 0.2) is 145 Å². The Balaban J connectivity index is 1.26. The number of rotatable bonds is 20. The number of ether oxygens (including phenoxy) is 6. The van der Waals surface area contributed by atoms with Crippen LogP contribution in [0.25, 0.3) is 0 Å². The molecule has 16 nitrogen and oxygen atoms in total. The summed E-state index contributed by atoms with van der Waals surface area (Å²) in [6.07, 6.45) is 1.93. The van der Waals surface area contributed by atoms with E-state index in [1.54, 1.807) is 44.6 Å². The van der Waals surface area contributed by atoms with Gasteiger partial charge in [0.05, 0.1) is 40.7 Å². The van der Waals surface area contributed by atoms with E-state index in [-0.39, 0.29) is 36.9 Å². The summed E-state index contributed by atoms with van der Waals surface area (Å²) < 4.78 is 49.3. The van der Waals surface area contributed by atoms with Crippen molar-refractivity contribution in [3.05, 3.63) is 173 Å². The maximum absolute atomic E-state index is 14.2. The Hall–Kier alpha value is -6.92. The fraction of sp³-hybridized carbons (Fsp3) is 0.358. The van der Waals surface area contributed by atoms with Gasteiger partial charge in [0.1, 0.15) is 60.7 Å². The molecular weight excluding hydrogens is 911 g/mol. The Morgan fingerprint density at radius 1 is 0.771 bits per heavy atom. The number of aryl methyl sites for hydroxylation is 1. The van der Waals surface area contributed by atoms with Crippen molar-refractivity contribution in [2.24, 2.45) is 7.05 Å². The third-order valence-electron chi connectivity index (χ3n) is 12.8. The molecule has 0 unspecified atom stereocenters. The number of benzene rings is 4. The van der Waals surface area contributed by atoms with E-state index in [4.69, 9.17) is 32.8 Å². The van der Waals surface area contributed by atoms with Gasteiger partial charge in [-0.3, -0.25) is 19.0 Å². The maximum atomic E-state index is 14.2. The Morgan fingerprint density at radius 2 is 1.36 bits per heavy atom. The van der Waals surface area contributed by atoms with Crippen molar-refractivity contribution in [1.82, 2.24) is 14.1 Å². The van der Waals surface area contributed by atoms with Gasteiger partial charge in [-0.2, -0.15) is 4.98 Å². The fourth-order valence-electron chi connectivity index (χ4n) is 7.97. The molecule has 17 heteroatoms. The minimum atomic E-state index is -2.76. The van der Waals surface area contributed by atoms with Crippen molar-refractivity contribution in [3.8, 4) is 11.5 Å². The van der Waals surface area contributed by atoms with Gasteiger partial charge in [-0.1, -0.05) is 93.6 Å². The first-order valence-electron chi connectivity index (χ1n) is 23.1. The zero-order valence-corrected chi connectivity index (χ0v) is 41.9. The molecule has 4 atom stereocenters. The number of hydrogen-bond donors (Lipinski definition) is 1. The SMILES string of the molecule is COc1ccc(C(OC[C@H]2O[C@@H](n3ccc(NC(=O)c4ccccc4)nc3=O)[C@H](OC(=O)CCC(=O)OCCn3cc[n+](C)c3)[C@@H]2O[Si](C)(C)C(C)(C)C)(c2ccccc2)c2ccc(OC)cc2)cc1. The largest absolute Gasteiger partial charge is 0.497 e. The van der Waals surface area contributed by atoms with E-state index in [0.29, 0.717) is 23.6 Å².